The van der Waals surface area contributed by atoms with Gasteiger partial charge in [0.1, 0.15) is 0 Å². The fourth-order valence-corrected chi connectivity index (χ4v) is 3.53. The van der Waals surface area contributed by atoms with Crippen LogP contribution in [0.25, 0.3) is 0 Å². The number of hydrogen-bond donors (Lipinski definition) is 2. The largest absolute Gasteiger partial charge is 0.348 e. The Morgan fingerprint density at radius 3 is 2.67 bits per heavy atom. The van der Waals surface area contributed by atoms with Gasteiger partial charge in [-0.25, -0.2) is 4.79 Å². The lowest BCUT2D eigenvalue weighted by Gasteiger charge is -2.22. The minimum absolute atomic E-state index is 0.00418. The molecule has 0 bridgehead atoms. The summed E-state index contributed by atoms with van der Waals surface area (Å²) in [6.07, 6.45) is 0.644. The SMILES string of the molecule is Cc1cc(C(C)NC(=O)NCCC2(C)OCCO2)c(C)s1. The van der Waals surface area contributed by atoms with Gasteiger partial charge >= 0.3 is 6.03 Å². The molecular formula is C15H24N2O3S. The molecule has 118 valence electrons. The summed E-state index contributed by atoms with van der Waals surface area (Å²) < 4.78 is 11.0. The van der Waals surface area contributed by atoms with E-state index in [1.165, 1.54) is 15.3 Å². The van der Waals surface area contributed by atoms with Crippen molar-refractivity contribution >= 4 is 17.4 Å². The van der Waals surface area contributed by atoms with Gasteiger partial charge in [0.05, 0.1) is 19.3 Å². The van der Waals surface area contributed by atoms with Crippen LogP contribution in [0, 0.1) is 13.8 Å². The first-order valence-corrected chi connectivity index (χ1v) is 8.10. The van der Waals surface area contributed by atoms with E-state index in [9.17, 15) is 4.79 Å². The zero-order chi connectivity index (χ0) is 15.5. The van der Waals surface area contributed by atoms with E-state index in [1.807, 2.05) is 13.8 Å². The van der Waals surface area contributed by atoms with E-state index >= 15 is 0 Å². The summed E-state index contributed by atoms with van der Waals surface area (Å²) in [5.41, 5.74) is 1.18. The summed E-state index contributed by atoms with van der Waals surface area (Å²) in [5.74, 6) is -0.556. The number of thiophene rings is 1. The molecule has 1 saturated heterocycles. The highest BCUT2D eigenvalue weighted by Crippen LogP contribution is 2.26. The first-order chi connectivity index (χ1) is 9.89. The summed E-state index contributed by atoms with van der Waals surface area (Å²) in [6.45, 7) is 9.83. The number of aryl methyl sites for hydroxylation is 2. The smallest absolute Gasteiger partial charge is 0.315 e. The van der Waals surface area contributed by atoms with Crippen LogP contribution in [0.4, 0.5) is 4.79 Å². The van der Waals surface area contributed by atoms with Crippen LogP contribution >= 0.6 is 11.3 Å². The van der Waals surface area contributed by atoms with Crippen LogP contribution in [0.3, 0.4) is 0 Å². The summed E-state index contributed by atoms with van der Waals surface area (Å²) in [5, 5.41) is 5.82. The van der Waals surface area contributed by atoms with Gasteiger partial charge in [-0.05, 0) is 39.3 Å². The molecule has 0 spiro atoms. The third-order valence-corrected chi connectivity index (χ3v) is 4.64. The monoisotopic (exact) mass is 312 g/mol. The maximum atomic E-state index is 11.9. The third kappa shape index (κ3) is 4.43. The Morgan fingerprint density at radius 2 is 2.10 bits per heavy atom. The van der Waals surface area contributed by atoms with Crippen molar-refractivity contribution in [1.29, 1.82) is 0 Å². The Hall–Kier alpha value is -1.11. The molecule has 1 fully saturated rings. The molecule has 0 aromatic carbocycles. The highest BCUT2D eigenvalue weighted by molar-refractivity contribution is 7.12. The zero-order valence-electron chi connectivity index (χ0n) is 13.1. The Balaban J connectivity index is 1.75. The van der Waals surface area contributed by atoms with Gasteiger partial charge in [0.15, 0.2) is 5.79 Å². The van der Waals surface area contributed by atoms with E-state index in [4.69, 9.17) is 9.47 Å². The molecule has 2 rings (SSSR count). The van der Waals surface area contributed by atoms with E-state index in [2.05, 4.69) is 30.5 Å². The average molecular weight is 312 g/mol. The zero-order valence-corrected chi connectivity index (χ0v) is 13.9. The van der Waals surface area contributed by atoms with Crippen LogP contribution in [0.5, 0.6) is 0 Å². The predicted molar refractivity (Wildman–Crippen MR) is 83.7 cm³/mol. The third-order valence-electron chi connectivity index (χ3n) is 3.66. The fourth-order valence-electron chi connectivity index (χ4n) is 2.51. The highest BCUT2D eigenvalue weighted by Gasteiger charge is 2.30. The number of carbonyl (C=O) groups is 1. The van der Waals surface area contributed by atoms with Crippen molar-refractivity contribution in [3.8, 4) is 0 Å². The molecule has 1 aliphatic rings. The number of urea groups is 1. The van der Waals surface area contributed by atoms with Gasteiger partial charge in [0, 0.05) is 22.7 Å². The van der Waals surface area contributed by atoms with Crippen molar-refractivity contribution in [2.45, 2.75) is 45.9 Å². The summed E-state index contributed by atoms with van der Waals surface area (Å²) in [4.78, 5) is 14.4. The summed E-state index contributed by atoms with van der Waals surface area (Å²) >= 11 is 1.75. The normalized spacial score (nSPS) is 18.5. The van der Waals surface area contributed by atoms with Crippen LogP contribution in [-0.4, -0.2) is 31.6 Å². The lowest BCUT2D eigenvalue weighted by Crippen LogP contribution is -2.40. The minimum atomic E-state index is -0.556. The highest BCUT2D eigenvalue weighted by atomic mass is 32.1. The fraction of sp³-hybridized carbons (Fsp3) is 0.667. The molecule has 1 aliphatic heterocycles. The lowest BCUT2D eigenvalue weighted by molar-refractivity contribution is -0.145. The van der Waals surface area contributed by atoms with E-state index in [0.717, 1.165) is 0 Å². The van der Waals surface area contributed by atoms with Gasteiger partial charge in [-0.15, -0.1) is 11.3 Å². The van der Waals surface area contributed by atoms with Gasteiger partial charge in [0.25, 0.3) is 0 Å². The van der Waals surface area contributed by atoms with Gasteiger partial charge in [-0.3, -0.25) is 0 Å². The number of amides is 2. The number of nitrogens with one attached hydrogen (secondary N) is 2. The summed E-state index contributed by atoms with van der Waals surface area (Å²) in [7, 11) is 0. The molecule has 1 aromatic rings. The molecule has 0 radical (unpaired) electrons. The molecule has 0 saturated carbocycles. The van der Waals surface area contributed by atoms with Crippen molar-refractivity contribution < 1.29 is 14.3 Å². The van der Waals surface area contributed by atoms with Crippen LogP contribution in [0.1, 0.15) is 41.6 Å². The molecule has 5 nitrogen and oxygen atoms in total. The van der Waals surface area contributed by atoms with Gasteiger partial charge in [0.2, 0.25) is 0 Å². The van der Waals surface area contributed by atoms with Crippen LogP contribution in [-0.2, 0) is 9.47 Å². The predicted octanol–water partition coefficient (Wildman–Crippen LogP) is 2.88. The van der Waals surface area contributed by atoms with Crippen molar-refractivity contribution in [1.82, 2.24) is 10.6 Å². The second-order valence-corrected chi connectivity index (χ2v) is 7.03. The van der Waals surface area contributed by atoms with E-state index < -0.39 is 5.79 Å². The Labute approximate surface area is 130 Å². The summed E-state index contributed by atoms with van der Waals surface area (Å²) in [6, 6.07) is 1.98. The maximum absolute atomic E-state index is 11.9. The average Bonchev–Trinajstić information content (AvgIpc) is 2.96. The van der Waals surface area contributed by atoms with E-state index in [1.54, 1.807) is 11.3 Å². The standard InChI is InChI=1S/C15H24N2O3S/c1-10-9-13(12(3)21-10)11(2)17-14(18)16-6-5-15(4)19-7-8-20-15/h9,11H,5-8H2,1-4H3,(H2,16,17,18). The van der Waals surface area contributed by atoms with Crippen LogP contribution in [0.2, 0.25) is 0 Å². The van der Waals surface area contributed by atoms with Crippen molar-refractivity contribution in [2.75, 3.05) is 19.8 Å². The Morgan fingerprint density at radius 1 is 1.43 bits per heavy atom. The van der Waals surface area contributed by atoms with Crippen molar-refractivity contribution in [3.63, 3.8) is 0 Å². The Kier molecular flexibility index (Phi) is 5.24. The van der Waals surface area contributed by atoms with Crippen molar-refractivity contribution in [2.24, 2.45) is 0 Å². The maximum Gasteiger partial charge on any atom is 0.315 e. The number of ether oxygens (including phenoxy) is 2. The molecular weight excluding hydrogens is 288 g/mol. The quantitative estimate of drug-likeness (QED) is 0.879. The second-order valence-electron chi connectivity index (χ2n) is 5.57. The Bertz CT molecular complexity index is 495. The van der Waals surface area contributed by atoms with Crippen LogP contribution < -0.4 is 10.6 Å². The molecule has 21 heavy (non-hydrogen) atoms. The molecule has 2 N–H and O–H groups in total. The number of hydrogen-bond acceptors (Lipinski definition) is 4. The molecule has 1 atom stereocenters. The molecule has 0 aliphatic carbocycles. The lowest BCUT2D eigenvalue weighted by atomic mass is 10.1. The molecule has 1 aromatic heterocycles. The first kappa shape index (κ1) is 16.3. The second kappa shape index (κ2) is 6.77. The van der Waals surface area contributed by atoms with Crippen LogP contribution in [0.15, 0.2) is 6.07 Å². The topological polar surface area (TPSA) is 59.6 Å². The van der Waals surface area contributed by atoms with E-state index in [-0.39, 0.29) is 12.1 Å². The molecule has 1 unspecified atom stereocenters. The number of rotatable bonds is 5. The number of carbonyl (C=O) groups excluding carboxylic acids is 1. The first-order valence-electron chi connectivity index (χ1n) is 7.29. The minimum Gasteiger partial charge on any atom is -0.348 e. The van der Waals surface area contributed by atoms with Crippen molar-refractivity contribution in [3.05, 3.63) is 21.4 Å². The molecule has 2 heterocycles. The van der Waals surface area contributed by atoms with Gasteiger partial charge in [-0.1, -0.05) is 0 Å². The van der Waals surface area contributed by atoms with Gasteiger partial charge in [-0.2, -0.15) is 0 Å². The van der Waals surface area contributed by atoms with Gasteiger partial charge < -0.3 is 20.1 Å². The molecule has 2 amide bonds. The molecule has 6 heteroatoms. The van der Waals surface area contributed by atoms with E-state index in [0.29, 0.717) is 26.2 Å².